The monoisotopic (exact) mass is 333 g/mol. The lowest BCUT2D eigenvalue weighted by molar-refractivity contribution is -0.161. The lowest BCUT2D eigenvalue weighted by Gasteiger charge is -2.25. The van der Waals surface area contributed by atoms with Crippen molar-refractivity contribution in [2.45, 2.75) is 25.1 Å². The minimum absolute atomic E-state index is 0.0123. The fraction of sp³-hybridized carbons (Fsp3) is 0.714. The number of amides is 1. The molecule has 0 bridgehead atoms. The molecule has 23 heavy (non-hydrogen) atoms. The van der Waals surface area contributed by atoms with Crippen molar-refractivity contribution in [2.24, 2.45) is 12.8 Å². The second-order valence-corrected chi connectivity index (χ2v) is 5.95. The van der Waals surface area contributed by atoms with Crippen LogP contribution in [-0.4, -0.2) is 70.2 Å². The van der Waals surface area contributed by atoms with Gasteiger partial charge in [0, 0.05) is 44.8 Å². The Morgan fingerprint density at radius 3 is 2.70 bits per heavy atom. The van der Waals surface area contributed by atoms with E-state index in [-0.39, 0.29) is 25.0 Å². The van der Waals surface area contributed by atoms with Gasteiger partial charge in [0.05, 0.1) is 18.6 Å². The summed E-state index contributed by atoms with van der Waals surface area (Å²) in [5.74, 6) is -0.541. The third kappa shape index (κ3) is 4.68. The van der Waals surface area contributed by atoms with Crippen LogP contribution < -0.4 is 5.73 Å². The quantitative estimate of drug-likeness (QED) is 0.855. The first-order chi connectivity index (χ1) is 10.7. The summed E-state index contributed by atoms with van der Waals surface area (Å²) in [6.45, 7) is 1.29. The topological polar surface area (TPSA) is 67.4 Å². The fourth-order valence-electron chi connectivity index (χ4n) is 2.86. The Hall–Kier alpha value is -1.61. The van der Waals surface area contributed by atoms with E-state index in [9.17, 15) is 18.0 Å². The number of aryl methyl sites for hydroxylation is 1. The SMILES string of the molecule is CCN(CC(F)(F)F)C(=O)CN1C[C@@H](N)[C@H](c2cn(C)cn2)C1. The minimum Gasteiger partial charge on any atom is -0.340 e. The van der Waals surface area contributed by atoms with Gasteiger partial charge in [0.2, 0.25) is 5.91 Å². The number of rotatable bonds is 5. The normalized spacial score (nSPS) is 22.5. The van der Waals surface area contributed by atoms with E-state index in [1.807, 2.05) is 17.8 Å². The van der Waals surface area contributed by atoms with Gasteiger partial charge in [-0.1, -0.05) is 0 Å². The van der Waals surface area contributed by atoms with Crippen LogP contribution in [0.5, 0.6) is 0 Å². The predicted octanol–water partition coefficient (Wildman–Crippen LogP) is 0.557. The van der Waals surface area contributed by atoms with Crippen molar-refractivity contribution in [2.75, 3.05) is 32.7 Å². The molecule has 6 nitrogen and oxygen atoms in total. The zero-order chi connectivity index (χ0) is 17.2. The summed E-state index contributed by atoms with van der Waals surface area (Å²) in [6, 6.07) is -0.185. The van der Waals surface area contributed by atoms with E-state index >= 15 is 0 Å². The molecule has 2 atom stereocenters. The number of likely N-dealkylation sites (N-methyl/N-ethyl adjacent to an activating group) is 1. The van der Waals surface area contributed by atoms with Crippen molar-refractivity contribution < 1.29 is 18.0 Å². The molecule has 130 valence electrons. The number of carbonyl (C=O) groups is 1. The van der Waals surface area contributed by atoms with Crippen molar-refractivity contribution in [1.29, 1.82) is 0 Å². The Morgan fingerprint density at radius 1 is 1.48 bits per heavy atom. The molecule has 1 aliphatic rings. The van der Waals surface area contributed by atoms with Crippen LogP contribution in [0.1, 0.15) is 18.5 Å². The highest BCUT2D eigenvalue weighted by Crippen LogP contribution is 2.25. The van der Waals surface area contributed by atoms with Gasteiger partial charge in [0.15, 0.2) is 0 Å². The highest BCUT2D eigenvalue weighted by molar-refractivity contribution is 5.78. The molecule has 1 saturated heterocycles. The van der Waals surface area contributed by atoms with Crippen LogP contribution in [0.4, 0.5) is 13.2 Å². The van der Waals surface area contributed by atoms with Crippen molar-refractivity contribution >= 4 is 5.91 Å². The van der Waals surface area contributed by atoms with E-state index in [1.54, 1.807) is 11.2 Å². The molecule has 1 aliphatic heterocycles. The maximum atomic E-state index is 12.5. The molecule has 1 aromatic heterocycles. The number of nitrogens with zero attached hydrogens (tertiary/aromatic N) is 4. The number of aromatic nitrogens is 2. The average molecular weight is 333 g/mol. The Bertz CT molecular complexity index is 545. The number of alkyl halides is 3. The van der Waals surface area contributed by atoms with Gasteiger partial charge >= 0.3 is 6.18 Å². The molecular formula is C14H22F3N5O. The number of imidazole rings is 1. The highest BCUT2D eigenvalue weighted by atomic mass is 19.4. The Kier molecular flexibility index (Phi) is 5.30. The summed E-state index contributed by atoms with van der Waals surface area (Å²) < 4.78 is 39.2. The smallest absolute Gasteiger partial charge is 0.340 e. The molecule has 2 N–H and O–H groups in total. The van der Waals surface area contributed by atoms with Crippen molar-refractivity contribution in [3.63, 3.8) is 0 Å². The number of hydrogen-bond donors (Lipinski definition) is 1. The van der Waals surface area contributed by atoms with Crippen LogP contribution in [0.3, 0.4) is 0 Å². The van der Waals surface area contributed by atoms with Gasteiger partial charge < -0.3 is 15.2 Å². The van der Waals surface area contributed by atoms with E-state index in [1.165, 1.54) is 6.92 Å². The summed E-state index contributed by atoms with van der Waals surface area (Å²) >= 11 is 0. The van der Waals surface area contributed by atoms with Gasteiger partial charge in [0.1, 0.15) is 6.54 Å². The van der Waals surface area contributed by atoms with E-state index in [4.69, 9.17) is 5.73 Å². The average Bonchev–Trinajstić information content (AvgIpc) is 3.01. The van der Waals surface area contributed by atoms with Gasteiger partial charge in [-0.25, -0.2) is 4.98 Å². The maximum absolute atomic E-state index is 12.5. The summed E-state index contributed by atoms with van der Waals surface area (Å²) in [7, 11) is 1.86. The third-order valence-corrected chi connectivity index (χ3v) is 4.01. The molecule has 0 aliphatic carbocycles. The molecule has 9 heteroatoms. The number of halogens is 3. The molecule has 0 unspecified atom stereocenters. The molecule has 1 amide bonds. The van der Waals surface area contributed by atoms with Crippen molar-refractivity contribution in [3.05, 3.63) is 18.2 Å². The molecule has 1 aromatic rings. The maximum Gasteiger partial charge on any atom is 0.406 e. The van der Waals surface area contributed by atoms with Crippen LogP contribution in [-0.2, 0) is 11.8 Å². The van der Waals surface area contributed by atoms with Crippen LogP contribution in [0, 0.1) is 0 Å². The molecule has 2 heterocycles. The molecule has 0 aromatic carbocycles. The molecule has 0 saturated carbocycles. The lowest BCUT2D eigenvalue weighted by Crippen LogP contribution is -2.44. The first kappa shape index (κ1) is 17.7. The van der Waals surface area contributed by atoms with Gasteiger partial charge in [-0.3, -0.25) is 9.69 Å². The van der Waals surface area contributed by atoms with Crippen molar-refractivity contribution in [3.8, 4) is 0 Å². The van der Waals surface area contributed by atoms with Gasteiger partial charge in [-0.2, -0.15) is 13.2 Å². The van der Waals surface area contributed by atoms with Crippen LogP contribution in [0.15, 0.2) is 12.5 Å². The fourth-order valence-corrected chi connectivity index (χ4v) is 2.86. The van der Waals surface area contributed by atoms with E-state index in [0.717, 1.165) is 10.6 Å². The summed E-state index contributed by atoms with van der Waals surface area (Å²) in [4.78, 5) is 19.0. The second kappa shape index (κ2) is 6.88. The Labute approximate surface area is 133 Å². The van der Waals surface area contributed by atoms with Gasteiger partial charge in [-0.15, -0.1) is 0 Å². The predicted molar refractivity (Wildman–Crippen MR) is 78.7 cm³/mol. The number of nitrogens with two attached hydrogens (primary N) is 1. The van der Waals surface area contributed by atoms with Crippen molar-refractivity contribution in [1.82, 2.24) is 19.4 Å². The third-order valence-electron chi connectivity index (χ3n) is 4.01. The Morgan fingerprint density at radius 2 is 2.17 bits per heavy atom. The summed E-state index contributed by atoms with van der Waals surface area (Å²) in [5, 5.41) is 0. The summed E-state index contributed by atoms with van der Waals surface area (Å²) in [5.41, 5.74) is 6.95. The Balaban J connectivity index is 1.94. The first-order valence-corrected chi connectivity index (χ1v) is 7.50. The molecule has 0 radical (unpaired) electrons. The van der Waals surface area contributed by atoms with E-state index < -0.39 is 18.6 Å². The number of likely N-dealkylation sites (tertiary alicyclic amines) is 1. The zero-order valence-corrected chi connectivity index (χ0v) is 13.3. The molecular weight excluding hydrogens is 311 g/mol. The summed E-state index contributed by atoms with van der Waals surface area (Å²) in [6.07, 6.45) is -0.834. The van der Waals surface area contributed by atoms with E-state index in [0.29, 0.717) is 13.1 Å². The highest BCUT2D eigenvalue weighted by Gasteiger charge is 2.36. The van der Waals surface area contributed by atoms with Crippen LogP contribution >= 0.6 is 0 Å². The lowest BCUT2D eigenvalue weighted by atomic mass is 10.0. The first-order valence-electron chi connectivity index (χ1n) is 7.50. The van der Waals surface area contributed by atoms with Crippen LogP contribution in [0.2, 0.25) is 0 Å². The minimum atomic E-state index is -4.39. The second-order valence-electron chi connectivity index (χ2n) is 5.95. The molecule has 0 spiro atoms. The van der Waals surface area contributed by atoms with Gasteiger partial charge in [-0.05, 0) is 6.92 Å². The standard InChI is InChI=1S/C14H22F3N5O/c1-3-22(8-14(15,16)17)13(23)7-21-4-10(11(18)5-21)12-6-20(2)9-19-12/h6,9-11H,3-5,7-8,18H2,1-2H3/t10-,11-/m1/s1. The number of carbonyl (C=O) groups excluding carboxylic acids is 1. The largest absolute Gasteiger partial charge is 0.406 e. The van der Waals surface area contributed by atoms with Crippen LogP contribution in [0.25, 0.3) is 0 Å². The van der Waals surface area contributed by atoms with E-state index in [2.05, 4.69) is 4.98 Å². The number of hydrogen-bond acceptors (Lipinski definition) is 4. The molecule has 1 fully saturated rings. The van der Waals surface area contributed by atoms with Gasteiger partial charge in [0.25, 0.3) is 0 Å². The molecule has 2 rings (SSSR count). The zero-order valence-electron chi connectivity index (χ0n) is 13.3.